The van der Waals surface area contributed by atoms with Crippen LogP contribution in [0.1, 0.15) is 34.3 Å². The maximum absolute atomic E-state index is 14.4. The number of alkyl halides is 6. The van der Waals surface area contributed by atoms with Crippen LogP contribution in [0.4, 0.5) is 37.7 Å². The molecule has 8 rings (SSSR count). The van der Waals surface area contributed by atoms with Crippen molar-refractivity contribution in [1.82, 2.24) is 10.0 Å². The van der Waals surface area contributed by atoms with Crippen molar-refractivity contribution in [3.63, 3.8) is 0 Å². The maximum atomic E-state index is 14.4. The number of imide groups is 2. The topological polar surface area (TPSA) is 81.2 Å². The van der Waals surface area contributed by atoms with Crippen molar-refractivity contribution in [2.24, 2.45) is 11.8 Å². The molecular weight excluding hydrogens is 666 g/mol. The van der Waals surface area contributed by atoms with Crippen LogP contribution in [0.5, 0.6) is 0 Å². The van der Waals surface area contributed by atoms with Gasteiger partial charge >= 0.3 is 12.4 Å². The second kappa shape index (κ2) is 11.1. The molecule has 0 radical (unpaired) electrons. The molecule has 4 aromatic carbocycles. The van der Waals surface area contributed by atoms with Gasteiger partial charge in [-0.3, -0.25) is 19.2 Å². The van der Waals surface area contributed by atoms with E-state index in [-0.39, 0.29) is 11.4 Å². The van der Waals surface area contributed by atoms with Gasteiger partial charge in [-0.2, -0.15) is 26.3 Å². The average molecular weight is 691 g/mol. The highest BCUT2D eigenvalue weighted by atomic mass is 19.4. The Bertz CT molecular complexity index is 1910. The predicted molar refractivity (Wildman–Crippen MR) is 164 cm³/mol. The van der Waals surface area contributed by atoms with Crippen LogP contribution in [0.3, 0.4) is 0 Å². The molecule has 0 bridgehead atoms. The van der Waals surface area contributed by atoms with Crippen molar-refractivity contribution in [1.29, 1.82) is 0 Å². The Kier molecular flexibility index (Phi) is 7.07. The number of carbonyl (C=O) groups excluding carboxylic acids is 4. The zero-order valence-corrected chi connectivity index (χ0v) is 25.5. The van der Waals surface area contributed by atoms with E-state index in [2.05, 4.69) is 0 Å². The summed E-state index contributed by atoms with van der Waals surface area (Å²) in [4.78, 5) is 59.1. The minimum Gasteiger partial charge on any atom is -0.274 e. The highest BCUT2D eigenvalue weighted by Crippen LogP contribution is 2.60. The molecule has 6 atom stereocenters. The Balaban J connectivity index is 1.29. The van der Waals surface area contributed by atoms with Gasteiger partial charge in [-0.05, 0) is 47.5 Å². The van der Waals surface area contributed by atoms with Crippen LogP contribution < -0.4 is 9.80 Å². The molecule has 4 heterocycles. The molecule has 4 amide bonds. The molecule has 4 aliphatic rings. The minimum absolute atomic E-state index is 0.277. The average Bonchev–Trinajstić information content (AvgIpc) is 3.76. The van der Waals surface area contributed by atoms with Gasteiger partial charge in [0.1, 0.15) is 12.1 Å². The molecule has 0 spiro atoms. The number of carbonyl (C=O) groups is 4. The molecular formula is C36H24F6N4O4. The molecule has 254 valence electrons. The summed E-state index contributed by atoms with van der Waals surface area (Å²) in [5, 5.41) is 3.06. The number of fused-ring (bicyclic) bond motifs is 5. The molecule has 14 heteroatoms. The number of nitrogens with zero attached hydrogens (tertiary/aromatic N) is 4. The molecule has 4 aromatic rings. The summed E-state index contributed by atoms with van der Waals surface area (Å²) in [7, 11) is 0. The number of rotatable bonds is 4. The number of halogens is 6. The van der Waals surface area contributed by atoms with E-state index < -0.39 is 83.1 Å². The Morgan fingerprint density at radius 2 is 0.780 bits per heavy atom. The number of hydrogen-bond acceptors (Lipinski definition) is 6. The van der Waals surface area contributed by atoms with E-state index >= 15 is 0 Å². The molecule has 8 nitrogen and oxygen atoms in total. The fourth-order valence-corrected chi connectivity index (χ4v) is 7.95. The Morgan fingerprint density at radius 1 is 0.420 bits per heavy atom. The van der Waals surface area contributed by atoms with Crippen molar-refractivity contribution < 1.29 is 45.5 Å². The lowest BCUT2D eigenvalue weighted by atomic mass is 9.84. The van der Waals surface area contributed by atoms with E-state index in [1.54, 1.807) is 60.7 Å². The van der Waals surface area contributed by atoms with Crippen LogP contribution >= 0.6 is 0 Å². The third-order valence-electron chi connectivity index (χ3n) is 9.87. The van der Waals surface area contributed by atoms with Gasteiger partial charge in [-0.15, -0.1) is 0 Å². The lowest BCUT2D eigenvalue weighted by Crippen LogP contribution is -2.50. The van der Waals surface area contributed by atoms with E-state index in [0.29, 0.717) is 11.1 Å². The van der Waals surface area contributed by atoms with Gasteiger partial charge in [0.15, 0.2) is 0 Å². The zero-order valence-electron chi connectivity index (χ0n) is 25.5. The van der Waals surface area contributed by atoms with Crippen LogP contribution in [0.15, 0.2) is 109 Å². The number of hydrazine groups is 1. The summed E-state index contributed by atoms with van der Waals surface area (Å²) in [6, 6.07) is 19.8. The summed E-state index contributed by atoms with van der Waals surface area (Å²) in [6.07, 6.45) is -9.50. The van der Waals surface area contributed by atoms with Crippen molar-refractivity contribution in [3.05, 3.63) is 131 Å². The molecule has 0 N–H and O–H groups in total. The van der Waals surface area contributed by atoms with Gasteiger partial charge < -0.3 is 0 Å². The Labute approximate surface area is 280 Å². The number of hydrogen-bond donors (Lipinski definition) is 0. The minimum atomic E-state index is -4.75. The lowest BCUT2D eigenvalue weighted by Gasteiger charge is -2.35. The van der Waals surface area contributed by atoms with Gasteiger partial charge in [0.2, 0.25) is 11.8 Å². The molecule has 0 unspecified atom stereocenters. The quantitative estimate of drug-likeness (QED) is 0.188. The van der Waals surface area contributed by atoms with Crippen LogP contribution in [0.25, 0.3) is 0 Å². The van der Waals surface area contributed by atoms with Gasteiger partial charge in [-0.25, -0.2) is 19.8 Å². The molecule has 0 aromatic heterocycles. The molecule has 4 aliphatic heterocycles. The van der Waals surface area contributed by atoms with E-state index in [1.807, 2.05) is 0 Å². The number of benzene rings is 4. The normalized spacial score (nSPS) is 26.9. The van der Waals surface area contributed by atoms with Crippen LogP contribution in [-0.4, -0.2) is 45.7 Å². The second-order valence-electron chi connectivity index (χ2n) is 12.5. The van der Waals surface area contributed by atoms with Gasteiger partial charge in [-0.1, -0.05) is 72.8 Å². The van der Waals surface area contributed by atoms with Gasteiger partial charge in [0.05, 0.1) is 46.4 Å². The summed E-state index contributed by atoms with van der Waals surface area (Å²) < 4.78 is 82.1. The molecule has 50 heavy (non-hydrogen) atoms. The molecule has 0 saturated carbocycles. The zero-order chi connectivity index (χ0) is 35.3. The van der Waals surface area contributed by atoms with E-state index in [0.717, 1.165) is 46.2 Å². The fourth-order valence-electron chi connectivity index (χ4n) is 7.95. The highest BCUT2D eigenvalue weighted by Gasteiger charge is 2.73. The smallest absolute Gasteiger partial charge is 0.274 e. The van der Waals surface area contributed by atoms with Crippen LogP contribution in [0, 0.1) is 11.8 Å². The summed E-state index contributed by atoms with van der Waals surface area (Å²) in [5.41, 5.74) is -1.69. The van der Waals surface area contributed by atoms with Crippen molar-refractivity contribution in [2.75, 3.05) is 9.80 Å². The van der Waals surface area contributed by atoms with E-state index in [9.17, 15) is 45.5 Å². The first-order valence-corrected chi connectivity index (χ1v) is 15.6. The monoisotopic (exact) mass is 690 g/mol. The van der Waals surface area contributed by atoms with E-state index in [4.69, 9.17) is 0 Å². The third kappa shape index (κ3) is 4.62. The Morgan fingerprint density at radius 3 is 1.12 bits per heavy atom. The standard InChI is InChI=1S/C36H24F6N4O4/c37-35(38,39)21-13-7-15-23(17-21)43-31(47)25-27(19-9-3-1-4-10-19)45-30-26(28(20-11-5-2-6-12-20)46(45)29(25)33(43)49)32(48)44(34(30)50)24-16-8-14-22(18-24)36(40,41)42/h1-18,25-30H/t25-,26-,27+,28+,29+,30+/m0/s1. The summed E-state index contributed by atoms with van der Waals surface area (Å²) in [5.74, 6) is -5.71. The van der Waals surface area contributed by atoms with Gasteiger partial charge in [0.25, 0.3) is 11.8 Å². The van der Waals surface area contributed by atoms with Crippen molar-refractivity contribution in [2.45, 2.75) is 36.5 Å². The highest BCUT2D eigenvalue weighted by molar-refractivity contribution is 6.26. The second-order valence-corrected chi connectivity index (χ2v) is 12.5. The maximum Gasteiger partial charge on any atom is 0.416 e. The number of anilines is 2. The predicted octanol–water partition coefficient (Wildman–Crippen LogP) is 6.17. The van der Waals surface area contributed by atoms with Crippen molar-refractivity contribution >= 4 is 35.0 Å². The van der Waals surface area contributed by atoms with Crippen LogP contribution in [0.2, 0.25) is 0 Å². The van der Waals surface area contributed by atoms with Gasteiger partial charge in [0, 0.05) is 0 Å². The van der Waals surface area contributed by atoms with Crippen molar-refractivity contribution in [3.8, 4) is 0 Å². The van der Waals surface area contributed by atoms with Crippen LogP contribution in [-0.2, 0) is 31.5 Å². The number of amides is 4. The molecule has 4 fully saturated rings. The SMILES string of the molecule is O=C1[C@H]2[C@@H](c3ccccc3)N3[C@H]4C(=O)N(c5cccc(C(F)(F)F)c5)C(=O)[C@H]4[C@@H](c4ccccc4)N3[C@H]2C(=O)N1c1cccc(C(F)(F)F)c1. The first kappa shape index (κ1) is 31.9. The Hall–Kier alpha value is -5.34. The summed E-state index contributed by atoms with van der Waals surface area (Å²) in [6.45, 7) is 0. The lowest BCUT2D eigenvalue weighted by molar-refractivity contribution is -0.138. The largest absolute Gasteiger partial charge is 0.416 e. The fraction of sp³-hybridized carbons (Fsp3) is 0.222. The summed E-state index contributed by atoms with van der Waals surface area (Å²) >= 11 is 0. The molecule has 0 aliphatic carbocycles. The van der Waals surface area contributed by atoms with E-state index in [1.165, 1.54) is 22.2 Å². The third-order valence-corrected chi connectivity index (χ3v) is 9.87. The first-order valence-electron chi connectivity index (χ1n) is 15.6. The first-order chi connectivity index (χ1) is 23.8. The molecule has 4 saturated heterocycles.